The van der Waals surface area contributed by atoms with Gasteiger partial charge in [0.2, 0.25) is 10.0 Å². The summed E-state index contributed by atoms with van der Waals surface area (Å²) in [6.45, 7) is 0.933. The van der Waals surface area contributed by atoms with Crippen molar-refractivity contribution in [3.8, 4) is 0 Å². The van der Waals surface area contributed by atoms with Crippen LogP contribution in [0.3, 0.4) is 0 Å². The van der Waals surface area contributed by atoms with E-state index in [1.165, 1.54) is 29.6 Å². The summed E-state index contributed by atoms with van der Waals surface area (Å²) in [5.41, 5.74) is 0.0336. The highest BCUT2D eigenvalue weighted by atomic mass is 32.2. The van der Waals surface area contributed by atoms with E-state index in [0.29, 0.717) is 13.1 Å². The third-order valence-electron chi connectivity index (χ3n) is 2.86. The van der Waals surface area contributed by atoms with E-state index in [4.69, 9.17) is 0 Å². The molecular formula is C12H19N3O4S. The van der Waals surface area contributed by atoms with Crippen LogP contribution in [0.4, 0.5) is 5.69 Å². The highest BCUT2D eigenvalue weighted by molar-refractivity contribution is 7.88. The summed E-state index contributed by atoms with van der Waals surface area (Å²) >= 11 is 0. The van der Waals surface area contributed by atoms with Crippen molar-refractivity contribution >= 4 is 15.7 Å². The minimum Gasteiger partial charge on any atom is -0.308 e. The molecule has 0 atom stereocenters. The Bertz CT molecular complexity index is 572. The summed E-state index contributed by atoms with van der Waals surface area (Å²) in [7, 11) is 1.62. The lowest BCUT2D eigenvalue weighted by Gasteiger charge is -2.19. The summed E-state index contributed by atoms with van der Waals surface area (Å²) < 4.78 is 25.6. The first-order chi connectivity index (χ1) is 9.24. The molecule has 0 unspecified atom stereocenters. The van der Waals surface area contributed by atoms with Crippen LogP contribution in [0.25, 0.3) is 0 Å². The van der Waals surface area contributed by atoms with Crippen LogP contribution >= 0.6 is 0 Å². The number of hydrogen-bond donors (Lipinski definition) is 0. The van der Waals surface area contributed by atoms with E-state index in [1.807, 2.05) is 19.0 Å². The summed E-state index contributed by atoms with van der Waals surface area (Å²) in [5.74, 6) is -0.367. The first kappa shape index (κ1) is 16.5. The van der Waals surface area contributed by atoms with Crippen molar-refractivity contribution in [2.24, 2.45) is 0 Å². The van der Waals surface area contributed by atoms with Crippen LogP contribution < -0.4 is 0 Å². The Kier molecular flexibility index (Phi) is 5.61. The first-order valence-corrected chi connectivity index (χ1v) is 7.66. The fourth-order valence-electron chi connectivity index (χ4n) is 1.60. The molecule has 0 spiro atoms. The average Bonchev–Trinajstić information content (AvgIpc) is 2.35. The van der Waals surface area contributed by atoms with Crippen molar-refractivity contribution in [2.45, 2.75) is 5.75 Å². The molecule has 0 aliphatic heterocycles. The summed E-state index contributed by atoms with van der Waals surface area (Å²) in [6.07, 6.45) is 0. The van der Waals surface area contributed by atoms with Gasteiger partial charge in [0.25, 0.3) is 5.69 Å². The lowest BCUT2D eigenvalue weighted by Crippen LogP contribution is -2.34. The van der Waals surface area contributed by atoms with Gasteiger partial charge in [-0.25, -0.2) is 12.7 Å². The number of nitrogens with zero attached hydrogens (tertiary/aromatic N) is 3. The van der Waals surface area contributed by atoms with Gasteiger partial charge in [0.1, 0.15) is 0 Å². The Balaban J connectivity index is 2.89. The van der Waals surface area contributed by atoms with Crippen LogP contribution in [0, 0.1) is 10.1 Å². The van der Waals surface area contributed by atoms with E-state index in [0.717, 1.165) is 0 Å². The third-order valence-corrected chi connectivity index (χ3v) is 4.67. The van der Waals surface area contributed by atoms with Crippen LogP contribution in [-0.2, 0) is 15.8 Å². The number of likely N-dealkylation sites (N-methyl/N-ethyl adjacent to an activating group) is 2. The van der Waals surface area contributed by atoms with Crippen molar-refractivity contribution in [3.05, 3.63) is 39.9 Å². The second-order valence-corrected chi connectivity index (χ2v) is 6.84. The smallest absolute Gasteiger partial charge is 0.273 e. The fraction of sp³-hybridized carbons (Fsp3) is 0.500. The molecule has 0 N–H and O–H groups in total. The number of benzene rings is 1. The Labute approximate surface area is 119 Å². The predicted octanol–water partition coefficient (Wildman–Crippen LogP) is 0.918. The number of sulfonamides is 1. The van der Waals surface area contributed by atoms with Gasteiger partial charge in [0.05, 0.1) is 10.7 Å². The zero-order valence-corrected chi connectivity index (χ0v) is 12.6. The molecule has 8 heteroatoms. The molecule has 0 aliphatic carbocycles. The molecule has 0 fully saturated rings. The number of rotatable bonds is 7. The molecule has 0 amide bonds. The molecule has 0 radical (unpaired) electrons. The second-order valence-electron chi connectivity index (χ2n) is 4.77. The van der Waals surface area contributed by atoms with Gasteiger partial charge in [-0.3, -0.25) is 10.1 Å². The number of hydrogen-bond acceptors (Lipinski definition) is 5. The SMILES string of the molecule is CN(C)CCN(C)S(=O)(=O)Cc1ccccc1[N+](=O)[O-]. The standard InChI is InChI=1S/C12H19N3O4S/c1-13(2)8-9-14(3)20(18,19)10-11-6-4-5-7-12(11)15(16)17/h4-7H,8-10H2,1-3H3. The largest absolute Gasteiger partial charge is 0.308 e. The van der Waals surface area contributed by atoms with Crippen molar-refractivity contribution < 1.29 is 13.3 Å². The van der Waals surface area contributed by atoms with Gasteiger partial charge in [-0.2, -0.15) is 0 Å². The monoisotopic (exact) mass is 301 g/mol. The topological polar surface area (TPSA) is 83.8 Å². The number of para-hydroxylation sites is 1. The van der Waals surface area contributed by atoms with E-state index < -0.39 is 14.9 Å². The molecule has 7 nitrogen and oxygen atoms in total. The molecule has 1 aromatic carbocycles. The average molecular weight is 301 g/mol. The molecule has 0 heterocycles. The Morgan fingerprint density at radius 1 is 1.15 bits per heavy atom. The van der Waals surface area contributed by atoms with Gasteiger partial charge in [0, 0.05) is 31.8 Å². The molecule has 0 saturated heterocycles. The lowest BCUT2D eigenvalue weighted by molar-refractivity contribution is -0.385. The van der Waals surface area contributed by atoms with Crippen molar-refractivity contribution in [1.29, 1.82) is 0 Å². The van der Waals surface area contributed by atoms with E-state index in [2.05, 4.69) is 0 Å². The summed E-state index contributed by atoms with van der Waals surface area (Å²) in [5, 5.41) is 10.9. The zero-order valence-electron chi connectivity index (χ0n) is 11.8. The van der Waals surface area contributed by atoms with E-state index in [9.17, 15) is 18.5 Å². The van der Waals surface area contributed by atoms with E-state index >= 15 is 0 Å². The fourth-order valence-corrected chi connectivity index (χ4v) is 2.81. The highest BCUT2D eigenvalue weighted by Crippen LogP contribution is 2.21. The van der Waals surface area contributed by atoms with Crippen molar-refractivity contribution in [1.82, 2.24) is 9.21 Å². The third kappa shape index (κ3) is 4.55. The minimum absolute atomic E-state index is 0.169. The maximum Gasteiger partial charge on any atom is 0.273 e. The number of nitro groups is 1. The van der Waals surface area contributed by atoms with Crippen LogP contribution in [-0.4, -0.2) is 56.8 Å². The maximum absolute atomic E-state index is 12.2. The zero-order chi connectivity index (χ0) is 15.3. The molecule has 0 bridgehead atoms. The van der Waals surface area contributed by atoms with Crippen LogP contribution in [0.2, 0.25) is 0 Å². The maximum atomic E-state index is 12.2. The second kappa shape index (κ2) is 6.78. The summed E-state index contributed by atoms with van der Waals surface area (Å²) in [6, 6.07) is 5.89. The van der Waals surface area contributed by atoms with Gasteiger partial charge >= 0.3 is 0 Å². The summed E-state index contributed by atoms with van der Waals surface area (Å²) in [4.78, 5) is 12.2. The minimum atomic E-state index is -3.56. The van der Waals surface area contributed by atoms with Gasteiger partial charge in [0.15, 0.2) is 0 Å². The first-order valence-electron chi connectivity index (χ1n) is 6.05. The molecule has 112 valence electrons. The van der Waals surface area contributed by atoms with Crippen LogP contribution in [0.5, 0.6) is 0 Å². The van der Waals surface area contributed by atoms with Crippen molar-refractivity contribution in [3.63, 3.8) is 0 Å². The van der Waals surface area contributed by atoms with Crippen LogP contribution in [0.1, 0.15) is 5.56 Å². The Morgan fingerprint density at radius 3 is 2.30 bits per heavy atom. The molecule has 0 aromatic heterocycles. The Morgan fingerprint density at radius 2 is 1.75 bits per heavy atom. The molecule has 0 saturated carbocycles. The Hall–Kier alpha value is -1.51. The highest BCUT2D eigenvalue weighted by Gasteiger charge is 2.23. The van der Waals surface area contributed by atoms with Crippen LogP contribution in [0.15, 0.2) is 24.3 Å². The molecule has 1 aromatic rings. The molecule has 1 rings (SSSR count). The molecule has 0 aliphatic rings. The normalized spacial score (nSPS) is 12.1. The quantitative estimate of drug-likeness (QED) is 0.552. The van der Waals surface area contributed by atoms with Gasteiger partial charge in [-0.15, -0.1) is 0 Å². The molecule has 20 heavy (non-hydrogen) atoms. The number of nitro benzene ring substituents is 1. The van der Waals surface area contributed by atoms with Gasteiger partial charge < -0.3 is 4.90 Å². The lowest BCUT2D eigenvalue weighted by atomic mass is 10.2. The van der Waals surface area contributed by atoms with E-state index in [-0.39, 0.29) is 17.0 Å². The molecular weight excluding hydrogens is 282 g/mol. The van der Waals surface area contributed by atoms with E-state index in [1.54, 1.807) is 6.07 Å². The van der Waals surface area contributed by atoms with Crippen molar-refractivity contribution in [2.75, 3.05) is 34.2 Å². The van der Waals surface area contributed by atoms with Gasteiger partial charge in [-0.05, 0) is 14.1 Å². The van der Waals surface area contributed by atoms with Gasteiger partial charge in [-0.1, -0.05) is 18.2 Å². The predicted molar refractivity (Wildman–Crippen MR) is 76.9 cm³/mol.